The maximum atomic E-state index is 14.2. The second-order valence-corrected chi connectivity index (χ2v) is 18.9. The van der Waals surface area contributed by atoms with Gasteiger partial charge in [0.05, 0.1) is 25.1 Å². The molecule has 13 nitrogen and oxygen atoms in total. The Hall–Kier alpha value is -3.91. The fraction of sp³-hybridized carbons (Fsp3) is 0.641. The van der Waals surface area contributed by atoms with Crippen LogP contribution in [0, 0.1) is 17.8 Å². The molecule has 1 heterocycles. The molecule has 3 atom stereocenters. The minimum absolute atomic E-state index is 0.0978. The highest BCUT2D eigenvalue weighted by molar-refractivity contribution is 7.91. The molecule has 0 unspecified atom stereocenters. The average molecular weight is 757 g/mol. The first-order valence-electron chi connectivity index (χ1n) is 18.5. The molecule has 292 valence electrons. The molecule has 2 aromatic rings. The number of nitrogens with one attached hydrogen (secondary N) is 3. The molecule has 4 amide bonds. The number of carbonyl (C=O) groups excluding carboxylic acids is 4. The zero-order valence-corrected chi connectivity index (χ0v) is 33.1. The van der Waals surface area contributed by atoms with Gasteiger partial charge in [-0.3, -0.25) is 19.1 Å². The third-order valence-electron chi connectivity index (χ3n) is 10.6. The molecule has 0 radical (unpaired) electrons. The fourth-order valence-electron chi connectivity index (χ4n) is 6.90. The van der Waals surface area contributed by atoms with Gasteiger partial charge >= 0.3 is 6.09 Å². The quantitative estimate of drug-likeness (QED) is 0.237. The Kier molecular flexibility index (Phi) is 11.7. The summed E-state index contributed by atoms with van der Waals surface area (Å²) < 4.78 is 43.9. The highest BCUT2D eigenvalue weighted by Crippen LogP contribution is 2.38. The van der Waals surface area contributed by atoms with Crippen LogP contribution in [-0.2, 0) is 40.3 Å². The molecule has 2 aliphatic carbocycles. The van der Waals surface area contributed by atoms with Crippen LogP contribution in [0.15, 0.2) is 30.3 Å². The van der Waals surface area contributed by atoms with Gasteiger partial charge in [0.25, 0.3) is 5.91 Å². The van der Waals surface area contributed by atoms with Crippen molar-refractivity contribution in [3.05, 3.63) is 41.5 Å². The van der Waals surface area contributed by atoms with E-state index in [-0.39, 0.29) is 37.8 Å². The summed E-state index contributed by atoms with van der Waals surface area (Å²) in [5.74, 6) is -0.985. The number of alkyl carbamates (subject to hydrolysis) is 1. The number of amides is 4. The number of methoxy groups -OCH3 is 2. The third kappa shape index (κ3) is 9.80. The van der Waals surface area contributed by atoms with Crippen molar-refractivity contribution in [1.29, 1.82) is 0 Å². The summed E-state index contributed by atoms with van der Waals surface area (Å²) in [7, 11) is -0.627. The van der Waals surface area contributed by atoms with Crippen LogP contribution < -0.4 is 20.1 Å². The standard InChI is InChI=1S/C39H56N4O9S/c1-24-11-12-25-20-31(51-8)26(19-27(25)18-24)10-9-15-38(5,6)23-52-36(47)40-32(37(2,3)4)34(45)43-22-28(50-7)21-30(43)33(44)41-39(16-17-39)35(46)42-53(48,49)29-13-14-29/h11-12,18-20,28-30,32H,9-10,13-17,21-23H2,1-8H3,(H,40,47)(H,41,44)(H,42,46)/t28-,30-,32+/m0/s1. The number of sulfonamides is 1. The minimum atomic E-state index is -3.79. The lowest BCUT2D eigenvalue weighted by Crippen LogP contribution is -2.59. The summed E-state index contributed by atoms with van der Waals surface area (Å²) in [6.45, 7) is 11.8. The van der Waals surface area contributed by atoms with E-state index >= 15 is 0 Å². The molecule has 1 aliphatic heterocycles. The lowest BCUT2D eigenvalue weighted by Gasteiger charge is -2.35. The topological polar surface area (TPSA) is 169 Å². The molecule has 2 aromatic carbocycles. The summed E-state index contributed by atoms with van der Waals surface area (Å²) in [5.41, 5.74) is -0.153. The van der Waals surface area contributed by atoms with Gasteiger partial charge in [0, 0.05) is 20.1 Å². The first-order chi connectivity index (χ1) is 24.8. The van der Waals surface area contributed by atoms with Crippen molar-refractivity contribution in [2.45, 2.75) is 122 Å². The molecular formula is C39H56N4O9S. The second kappa shape index (κ2) is 15.4. The molecule has 3 N–H and O–H groups in total. The Morgan fingerprint density at radius 2 is 1.70 bits per heavy atom. The molecular weight excluding hydrogens is 701 g/mol. The molecule has 2 saturated carbocycles. The normalized spacial score (nSPS) is 20.4. The maximum absolute atomic E-state index is 14.2. The van der Waals surface area contributed by atoms with E-state index in [0.717, 1.165) is 41.3 Å². The van der Waals surface area contributed by atoms with Crippen LogP contribution in [0.4, 0.5) is 4.79 Å². The lowest BCUT2D eigenvalue weighted by atomic mass is 9.85. The summed E-state index contributed by atoms with van der Waals surface area (Å²) in [6, 6.07) is 8.54. The fourth-order valence-corrected chi connectivity index (χ4v) is 8.27. The summed E-state index contributed by atoms with van der Waals surface area (Å²) in [5, 5.41) is 7.21. The van der Waals surface area contributed by atoms with Crippen molar-refractivity contribution >= 4 is 44.6 Å². The zero-order valence-electron chi connectivity index (χ0n) is 32.3. The molecule has 0 bridgehead atoms. The van der Waals surface area contributed by atoms with Gasteiger partial charge in [-0.05, 0) is 91.2 Å². The molecule has 53 heavy (non-hydrogen) atoms. The van der Waals surface area contributed by atoms with Gasteiger partial charge in [0.1, 0.15) is 23.4 Å². The molecule has 14 heteroatoms. The Balaban J connectivity index is 1.18. The third-order valence-corrected chi connectivity index (χ3v) is 12.4. The Morgan fingerprint density at radius 3 is 2.30 bits per heavy atom. The van der Waals surface area contributed by atoms with Crippen LogP contribution in [0.1, 0.15) is 90.7 Å². The van der Waals surface area contributed by atoms with Gasteiger partial charge in [0.15, 0.2) is 0 Å². The molecule has 5 rings (SSSR count). The van der Waals surface area contributed by atoms with E-state index < -0.39 is 68.2 Å². The van der Waals surface area contributed by atoms with E-state index in [9.17, 15) is 27.6 Å². The van der Waals surface area contributed by atoms with Crippen molar-refractivity contribution in [3.8, 4) is 5.75 Å². The number of ether oxygens (including phenoxy) is 3. The number of fused-ring (bicyclic) bond motifs is 1. The van der Waals surface area contributed by atoms with Crippen LogP contribution in [0.5, 0.6) is 5.75 Å². The van der Waals surface area contributed by atoms with Crippen molar-refractivity contribution < 1.29 is 41.8 Å². The highest BCUT2D eigenvalue weighted by atomic mass is 32.2. The Labute approximate surface area is 313 Å². The van der Waals surface area contributed by atoms with Crippen LogP contribution in [0.25, 0.3) is 10.8 Å². The number of carbonyl (C=O) groups is 4. The first-order valence-corrected chi connectivity index (χ1v) is 20.0. The van der Waals surface area contributed by atoms with Crippen LogP contribution >= 0.6 is 0 Å². The second-order valence-electron chi connectivity index (χ2n) is 16.9. The lowest BCUT2D eigenvalue weighted by molar-refractivity contribution is -0.142. The maximum Gasteiger partial charge on any atom is 0.407 e. The number of rotatable bonds is 15. The first kappa shape index (κ1) is 40.3. The van der Waals surface area contributed by atoms with Gasteiger partial charge in [-0.1, -0.05) is 58.4 Å². The largest absolute Gasteiger partial charge is 0.496 e. The van der Waals surface area contributed by atoms with Crippen molar-refractivity contribution in [2.75, 3.05) is 27.4 Å². The van der Waals surface area contributed by atoms with Gasteiger partial charge < -0.3 is 29.7 Å². The van der Waals surface area contributed by atoms with Gasteiger partial charge in [-0.15, -0.1) is 0 Å². The SMILES string of the molecule is COc1cc2ccc(C)cc2cc1CCCC(C)(C)COC(=O)N[C@H](C(=O)N1C[C@@H](OC)C[C@H]1C(=O)NC1(C(=O)NS(=O)(=O)C2CC2)CC1)C(C)(C)C. The van der Waals surface area contributed by atoms with E-state index in [1.165, 1.54) is 17.6 Å². The van der Waals surface area contributed by atoms with Gasteiger partial charge in [-0.2, -0.15) is 0 Å². The predicted octanol–water partition coefficient (Wildman–Crippen LogP) is 4.52. The number of nitrogens with zero attached hydrogens (tertiary/aromatic N) is 1. The van der Waals surface area contributed by atoms with Gasteiger partial charge in [-0.25, -0.2) is 13.2 Å². The zero-order chi connectivity index (χ0) is 38.9. The van der Waals surface area contributed by atoms with Crippen LogP contribution in [0.2, 0.25) is 0 Å². The molecule has 0 spiro atoms. The van der Waals surface area contributed by atoms with Gasteiger partial charge in [0.2, 0.25) is 21.8 Å². The summed E-state index contributed by atoms with van der Waals surface area (Å²) >= 11 is 0. The van der Waals surface area contributed by atoms with Crippen molar-refractivity contribution in [1.82, 2.24) is 20.3 Å². The van der Waals surface area contributed by atoms with E-state index in [0.29, 0.717) is 12.8 Å². The van der Waals surface area contributed by atoms with Crippen molar-refractivity contribution in [2.24, 2.45) is 10.8 Å². The van der Waals surface area contributed by atoms with E-state index in [4.69, 9.17) is 14.2 Å². The van der Waals surface area contributed by atoms with Crippen LogP contribution in [0.3, 0.4) is 0 Å². The number of aryl methyl sites for hydroxylation is 2. The average Bonchev–Trinajstić information content (AvgIpc) is 4.02. The number of hydrogen-bond acceptors (Lipinski definition) is 9. The molecule has 3 fully saturated rings. The van der Waals surface area contributed by atoms with E-state index in [1.54, 1.807) is 7.11 Å². The molecule has 0 aromatic heterocycles. The van der Waals surface area contributed by atoms with Crippen LogP contribution in [-0.4, -0.2) is 93.5 Å². The van der Waals surface area contributed by atoms with E-state index in [1.807, 2.05) is 34.6 Å². The monoisotopic (exact) mass is 756 g/mol. The molecule has 3 aliphatic rings. The number of likely N-dealkylation sites (tertiary alicyclic amines) is 1. The van der Waals surface area contributed by atoms with E-state index in [2.05, 4.69) is 52.6 Å². The van der Waals surface area contributed by atoms with Crippen molar-refractivity contribution in [3.63, 3.8) is 0 Å². The smallest absolute Gasteiger partial charge is 0.407 e. The highest BCUT2D eigenvalue weighted by Gasteiger charge is 2.55. The Bertz CT molecular complexity index is 1830. The number of benzene rings is 2. The molecule has 1 saturated heterocycles. The minimum Gasteiger partial charge on any atom is -0.496 e. The summed E-state index contributed by atoms with van der Waals surface area (Å²) in [4.78, 5) is 55.5. The Morgan fingerprint density at radius 1 is 1.00 bits per heavy atom. The predicted molar refractivity (Wildman–Crippen MR) is 201 cm³/mol. The summed E-state index contributed by atoms with van der Waals surface area (Å²) in [6.07, 6.45) is 2.93. The number of hydrogen-bond donors (Lipinski definition) is 3.